The maximum atomic E-state index is 14.4. The van der Waals surface area contributed by atoms with Crippen molar-refractivity contribution in [3.8, 4) is 0 Å². The monoisotopic (exact) mass is 527 g/mol. The zero-order valence-electron chi connectivity index (χ0n) is 19.5. The SMILES string of the molecule is C[C@@H](C(=O)NC1CCCC1)N(Cc1ccccc1F)C(=O)CN(c1ccc(F)c(Cl)c1)S(C)(=O)=O. The summed E-state index contributed by atoms with van der Waals surface area (Å²) in [5.74, 6) is -2.43. The van der Waals surface area contributed by atoms with Gasteiger partial charge in [0, 0.05) is 18.2 Å². The summed E-state index contributed by atoms with van der Waals surface area (Å²) in [7, 11) is -3.99. The third-order valence-electron chi connectivity index (χ3n) is 6.04. The molecular weight excluding hydrogens is 500 g/mol. The van der Waals surface area contributed by atoms with E-state index in [2.05, 4.69) is 5.32 Å². The molecule has 0 aromatic heterocycles. The molecule has 2 aromatic carbocycles. The summed E-state index contributed by atoms with van der Waals surface area (Å²) < 4.78 is 53.8. The standard InChI is InChI=1S/C24H28ClF2N3O4S/c1-16(24(32)28-18-8-4-5-9-18)29(14-17-7-3-6-10-21(17)26)23(31)15-30(35(2,33)34)19-11-12-22(27)20(25)13-19/h3,6-7,10-13,16,18H,4-5,8-9,14-15H2,1-2H3,(H,28,32)/t16-/m0/s1. The first-order valence-electron chi connectivity index (χ1n) is 11.2. The van der Waals surface area contributed by atoms with Gasteiger partial charge in [0.1, 0.15) is 24.2 Å². The van der Waals surface area contributed by atoms with E-state index >= 15 is 0 Å². The van der Waals surface area contributed by atoms with Crippen molar-refractivity contribution < 1.29 is 26.8 Å². The first kappa shape index (κ1) is 26.9. The van der Waals surface area contributed by atoms with Crippen LogP contribution in [0.3, 0.4) is 0 Å². The second-order valence-corrected chi connectivity index (χ2v) is 11.0. The highest BCUT2D eigenvalue weighted by molar-refractivity contribution is 7.92. The van der Waals surface area contributed by atoms with Crippen LogP contribution in [0, 0.1) is 11.6 Å². The summed E-state index contributed by atoms with van der Waals surface area (Å²) in [6.45, 7) is 0.589. The quantitative estimate of drug-likeness (QED) is 0.536. The molecule has 11 heteroatoms. The van der Waals surface area contributed by atoms with Gasteiger partial charge in [0.25, 0.3) is 0 Å². The van der Waals surface area contributed by atoms with E-state index in [1.165, 1.54) is 31.2 Å². The highest BCUT2D eigenvalue weighted by Gasteiger charge is 2.32. The van der Waals surface area contributed by atoms with Crippen LogP contribution < -0.4 is 9.62 Å². The highest BCUT2D eigenvalue weighted by atomic mass is 35.5. The van der Waals surface area contributed by atoms with Crippen molar-refractivity contribution in [2.75, 3.05) is 17.1 Å². The van der Waals surface area contributed by atoms with Crippen LogP contribution in [0.15, 0.2) is 42.5 Å². The van der Waals surface area contributed by atoms with E-state index in [-0.39, 0.29) is 28.9 Å². The number of sulfonamides is 1. The third-order valence-corrected chi connectivity index (χ3v) is 7.47. The molecule has 1 saturated carbocycles. The lowest BCUT2D eigenvalue weighted by Gasteiger charge is -2.32. The van der Waals surface area contributed by atoms with Crippen molar-refractivity contribution in [2.45, 2.75) is 51.2 Å². The zero-order valence-corrected chi connectivity index (χ0v) is 21.1. The van der Waals surface area contributed by atoms with Crippen molar-refractivity contribution in [1.29, 1.82) is 0 Å². The van der Waals surface area contributed by atoms with E-state index in [0.717, 1.165) is 53.3 Å². The molecule has 7 nitrogen and oxygen atoms in total. The number of carbonyl (C=O) groups is 2. The Bertz CT molecular complexity index is 1190. The minimum absolute atomic E-state index is 0.00392. The zero-order chi connectivity index (χ0) is 25.8. The molecule has 190 valence electrons. The van der Waals surface area contributed by atoms with Crippen LogP contribution in [0.1, 0.15) is 38.2 Å². The maximum absolute atomic E-state index is 14.4. The number of benzene rings is 2. The molecule has 2 amide bonds. The maximum Gasteiger partial charge on any atom is 0.244 e. The van der Waals surface area contributed by atoms with Crippen molar-refractivity contribution in [2.24, 2.45) is 0 Å². The number of hydrogen-bond donors (Lipinski definition) is 1. The first-order valence-corrected chi connectivity index (χ1v) is 13.5. The second-order valence-electron chi connectivity index (χ2n) is 8.65. The summed E-state index contributed by atoms with van der Waals surface area (Å²) in [4.78, 5) is 27.5. The fourth-order valence-corrected chi connectivity index (χ4v) is 5.05. The predicted molar refractivity (Wildman–Crippen MR) is 130 cm³/mol. The lowest BCUT2D eigenvalue weighted by molar-refractivity contribution is -0.139. The second kappa shape index (κ2) is 11.3. The average Bonchev–Trinajstić information content (AvgIpc) is 3.30. The number of hydrogen-bond acceptors (Lipinski definition) is 4. The number of amides is 2. The van der Waals surface area contributed by atoms with Gasteiger partial charge in [0.15, 0.2) is 0 Å². The molecule has 1 aliphatic carbocycles. The highest BCUT2D eigenvalue weighted by Crippen LogP contribution is 2.25. The van der Waals surface area contributed by atoms with Gasteiger partial charge in [0.05, 0.1) is 17.0 Å². The fourth-order valence-electron chi connectivity index (χ4n) is 4.04. The fraction of sp³-hybridized carbons (Fsp3) is 0.417. The molecule has 1 N–H and O–H groups in total. The predicted octanol–water partition coefficient (Wildman–Crippen LogP) is 3.86. The molecule has 0 unspecified atom stereocenters. The Balaban J connectivity index is 1.90. The summed E-state index contributed by atoms with van der Waals surface area (Å²) in [6.07, 6.45) is 4.58. The molecule has 1 fully saturated rings. The van der Waals surface area contributed by atoms with Crippen LogP contribution in [0.5, 0.6) is 0 Å². The Morgan fingerprint density at radius 2 is 1.77 bits per heavy atom. The average molecular weight is 528 g/mol. The van der Waals surface area contributed by atoms with Gasteiger partial charge in [0.2, 0.25) is 21.8 Å². The molecule has 1 aliphatic rings. The van der Waals surface area contributed by atoms with E-state index < -0.39 is 46.1 Å². The van der Waals surface area contributed by atoms with Crippen LogP contribution in [-0.4, -0.2) is 50.0 Å². The number of nitrogens with one attached hydrogen (secondary N) is 1. The Labute approximate surface area is 209 Å². The Kier molecular flexibility index (Phi) is 8.71. The molecule has 0 radical (unpaired) electrons. The van der Waals surface area contributed by atoms with E-state index in [0.29, 0.717) is 0 Å². The smallest absolute Gasteiger partial charge is 0.244 e. The molecule has 1 atom stereocenters. The van der Waals surface area contributed by atoms with E-state index in [1.807, 2.05) is 0 Å². The molecular formula is C24H28ClF2N3O4S. The lowest BCUT2D eigenvalue weighted by Crippen LogP contribution is -2.52. The van der Waals surface area contributed by atoms with E-state index in [9.17, 15) is 26.8 Å². The molecule has 2 aromatic rings. The third kappa shape index (κ3) is 6.91. The number of nitrogens with zero attached hydrogens (tertiary/aromatic N) is 2. The van der Waals surface area contributed by atoms with Gasteiger partial charge >= 0.3 is 0 Å². The minimum atomic E-state index is -3.99. The van der Waals surface area contributed by atoms with Gasteiger partial charge in [-0.25, -0.2) is 17.2 Å². The molecule has 0 aliphatic heterocycles. The Hall–Kier alpha value is -2.72. The van der Waals surface area contributed by atoms with Gasteiger partial charge in [-0.05, 0) is 44.0 Å². The number of rotatable bonds is 9. The molecule has 3 rings (SSSR count). The van der Waals surface area contributed by atoms with Crippen LogP contribution in [0.25, 0.3) is 0 Å². The largest absolute Gasteiger partial charge is 0.352 e. The van der Waals surface area contributed by atoms with Crippen LogP contribution in [0.4, 0.5) is 14.5 Å². The first-order chi connectivity index (χ1) is 16.5. The summed E-state index contributed by atoms with van der Waals surface area (Å²) >= 11 is 5.82. The van der Waals surface area contributed by atoms with Gasteiger partial charge in [-0.1, -0.05) is 42.6 Å². The normalized spacial score (nSPS) is 15.0. The Morgan fingerprint density at radius 3 is 2.37 bits per heavy atom. The van der Waals surface area contributed by atoms with Crippen molar-refractivity contribution >= 4 is 39.1 Å². The topological polar surface area (TPSA) is 86.8 Å². The molecule has 0 heterocycles. The van der Waals surface area contributed by atoms with Crippen LogP contribution >= 0.6 is 11.6 Å². The van der Waals surface area contributed by atoms with Crippen molar-refractivity contribution in [3.63, 3.8) is 0 Å². The van der Waals surface area contributed by atoms with Crippen LogP contribution in [-0.2, 0) is 26.2 Å². The van der Waals surface area contributed by atoms with E-state index in [4.69, 9.17) is 11.6 Å². The molecule has 35 heavy (non-hydrogen) atoms. The summed E-state index contributed by atoms with van der Waals surface area (Å²) in [5, 5.41) is 2.62. The van der Waals surface area contributed by atoms with Gasteiger partial charge < -0.3 is 10.2 Å². The van der Waals surface area contributed by atoms with Gasteiger partial charge in [-0.15, -0.1) is 0 Å². The minimum Gasteiger partial charge on any atom is -0.352 e. The number of halogens is 3. The van der Waals surface area contributed by atoms with Crippen molar-refractivity contribution in [3.05, 3.63) is 64.7 Å². The molecule has 0 spiro atoms. The van der Waals surface area contributed by atoms with E-state index in [1.54, 1.807) is 6.07 Å². The summed E-state index contributed by atoms with van der Waals surface area (Å²) in [6, 6.07) is 8.13. The van der Waals surface area contributed by atoms with Gasteiger partial charge in [-0.3, -0.25) is 13.9 Å². The summed E-state index contributed by atoms with van der Waals surface area (Å²) in [5.41, 5.74) is 0.165. The molecule has 0 saturated heterocycles. The Morgan fingerprint density at radius 1 is 1.11 bits per heavy atom. The van der Waals surface area contributed by atoms with Crippen molar-refractivity contribution in [1.82, 2.24) is 10.2 Å². The molecule has 0 bridgehead atoms. The number of anilines is 1. The lowest BCUT2D eigenvalue weighted by atomic mass is 10.1. The van der Waals surface area contributed by atoms with Gasteiger partial charge in [-0.2, -0.15) is 0 Å². The number of carbonyl (C=O) groups excluding carboxylic acids is 2. The van der Waals surface area contributed by atoms with Crippen LogP contribution in [0.2, 0.25) is 5.02 Å².